The lowest BCUT2D eigenvalue weighted by atomic mass is 10.1. The van der Waals surface area contributed by atoms with E-state index in [0.717, 1.165) is 0 Å². The van der Waals surface area contributed by atoms with Gasteiger partial charge in [0.25, 0.3) is 0 Å². The molecule has 0 heterocycles. The lowest BCUT2D eigenvalue weighted by Gasteiger charge is -2.04. The second kappa shape index (κ2) is 4.75. The molecule has 0 amide bonds. The average Bonchev–Trinajstić information content (AvgIpc) is 2.13. The minimum absolute atomic E-state index is 0.00945. The van der Waals surface area contributed by atoms with Crippen LogP contribution in [0.15, 0.2) is 16.6 Å². The van der Waals surface area contributed by atoms with Gasteiger partial charge in [-0.2, -0.15) is 0 Å². The molecule has 2 nitrogen and oxygen atoms in total. The maximum absolute atomic E-state index is 11.3. The van der Waals surface area contributed by atoms with Gasteiger partial charge >= 0.3 is 0 Å². The second-order valence-corrected chi connectivity index (χ2v) is 4.75. The molecule has 1 aromatic rings. The minimum Gasteiger partial charge on any atom is -0.507 e. The van der Waals surface area contributed by atoms with Gasteiger partial charge in [0.2, 0.25) is 0 Å². The van der Waals surface area contributed by atoms with Crippen molar-refractivity contribution in [3.63, 3.8) is 0 Å². The molecule has 0 aliphatic carbocycles. The van der Waals surface area contributed by atoms with Crippen molar-refractivity contribution in [3.8, 4) is 5.75 Å². The van der Waals surface area contributed by atoms with Gasteiger partial charge in [0.05, 0.1) is 8.90 Å². The van der Waals surface area contributed by atoms with Crippen LogP contribution in [-0.4, -0.2) is 16.2 Å². The van der Waals surface area contributed by atoms with E-state index in [1.807, 2.05) is 22.6 Å². The van der Waals surface area contributed by atoms with Crippen LogP contribution in [0.25, 0.3) is 0 Å². The van der Waals surface area contributed by atoms with Crippen LogP contribution in [0.5, 0.6) is 5.75 Å². The normalized spacial score (nSPS) is 10.1. The molecule has 5 heteroatoms. The number of phenols is 1. The van der Waals surface area contributed by atoms with Crippen molar-refractivity contribution in [1.29, 1.82) is 0 Å². The van der Waals surface area contributed by atoms with E-state index in [9.17, 15) is 9.90 Å². The SMILES string of the molecule is O=C(CBr)c1ccc(O)c(I)c1Br. The van der Waals surface area contributed by atoms with Gasteiger partial charge < -0.3 is 5.11 Å². The summed E-state index contributed by atoms with van der Waals surface area (Å²) in [5, 5.41) is 9.60. The number of carbonyl (C=O) groups excluding carboxylic acids is 1. The predicted molar refractivity (Wildman–Crippen MR) is 66.6 cm³/mol. The fraction of sp³-hybridized carbons (Fsp3) is 0.125. The summed E-state index contributed by atoms with van der Waals surface area (Å²) in [7, 11) is 0. The van der Waals surface area contributed by atoms with Crippen molar-refractivity contribution in [1.82, 2.24) is 0 Å². The molecule has 0 radical (unpaired) electrons. The summed E-state index contributed by atoms with van der Waals surface area (Å²) in [5.41, 5.74) is 0.582. The highest BCUT2D eigenvalue weighted by Gasteiger charge is 2.13. The number of alkyl halides is 1. The first-order valence-electron chi connectivity index (χ1n) is 3.34. The van der Waals surface area contributed by atoms with Crippen molar-refractivity contribution >= 4 is 60.2 Å². The third-order valence-electron chi connectivity index (χ3n) is 1.48. The Bertz CT molecular complexity index is 352. The second-order valence-electron chi connectivity index (χ2n) is 2.32. The number of carbonyl (C=O) groups is 1. The van der Waals surface area contributed by atoms with E-state index in [0.29, 0.717) is 13.6 Å². The number of Topliss-reactive ketones (excluding diaryl/α,β-unsaturated/α-hetero) is 1. The van der Waals surface area contributed by atoms with Gasteiger partial charge in [0.1, 0.15) is 5.75 Å². The van der Waals surface area contributed by atoms with Crippen LogP contribution in [-0.2, 0) is 0 Å². The van der Waals surface area contributed by atoms with Crippen LogP contribution in [0.4, 0.5) is 0 Å². The third-order valence-corrected chi connectivity index (χ3v) is 4.65. The molecule has 70 valence electrons. The largest absolute Gasteiger partial charge is 0.507 e. The summed E-state index contributed by atoms with van der Waals surface area (Å²) in [4.78, 5) is 11.3. The number of ketones is 1. The molecule has 0 saturated heterocycles. The highest BCUT2D eigenvalue weighted by Crippen LogP contribution is 2.31. The van der Waals surface area contributed by atoms with Crippen molar-refractivity contribution < 1.29 is 9.90 Å². The van der Waals surface area contributed by atoms with Gasteiger partial charge in [-0.05, 0) is 50.7 Å². The van der Waals surface area contributed by atoms with Gasteiger partial charge in [-0.1, -0.05) is 15.9 Å². The number of hydrogen-bond donors (Lipinski definition) is 1. The van der Waals surface area contributed by atoms with Crippen molar-refractivity contribution in [3.05, 3.63) is 25.7 Å². The zero-order chi connectivity index (χ0) is 10.0. The molecule has 1 rings (SSSR count). The van der Waals surface area contributed by atoms with Gasteiger partial charge in [-0.25, -0.2) is 0 Å². The van der Waals surface area contributed by atoms with Crippen LogP contribution in [0.3, 0.4) is 0 Å². The number of rotatable bonds is 2. The molecule has 0 unspecified atom stereocenters. The summed E-state index contributed by atoms with van der Waals surface area (Å²) in [6, 6.07) is 3.12. The lowest BCUT2D eigenvalue weighted by molar-refractivity contribution is 0.102. The molecule has 1 N–H and O–H groups in total. The zero-order valence-electron chi connectivity index (χ0n) is 6.35. The quantitative estimate of drug-likeness (QED) is 0.453. The molecule has 0 saturated carbocycles. The minimum atomic E-state index is -0.00945. The Hall–Kier alpha value is 0.380. The predicted octanol–water partition coefficient (Wildman–Crippen LogP) is 3.34. The first-order valence-corrected chi connectivity index (χ1v) is 6.33. The summed E-state index contributed by atoms with van der Waals surface area (Å²) in [6.45, 7) is 0. The van der Waals surface area contributed by atoms with E-state index >= 15 is 0 Å². The van der Waals surface area contributed by atoms with Crippen molar-refractivity contribution in [2.45, 2.75) is 0 Å². The third kappa shape index (κ3) is 2.44. The van der Waals surface area contributed by atoms with E-state index in [4.69, 9.17) is 0 Å². The van der Waals surface area contributed by atoms with Gasteiger partial charge in [-0.15, -0.1) is 0 Å². The molecule has 1 aromatic carbocycles. The van der Waals surface area contributed by atoms with E-state index in [2.05, 4.69) is 31.9 Å². The Morgan fingerprint density at radius 3 is 2.69 bits per heavy atom. The number of benzene rings is 1. The molecular weight excluding hydrogens is 415 g/mol. The zero-order valence-corrected chi connectivity index (χ0v) is 11.7. The lowest BCUT2D eigenvalue weighted by Crippen LogP contribution is -2.01. The Labute approximate surface area is 106 Å². The summed E-state index contributed by atoms with van der Waals surface area (Å²) >= 11 is 8.34. The van der Waals surface area contributed by atoms with E-state index in [1.165, 1.54) is 6.07 Å². The average molecular weight is 420 g/mol. The number of hydrogen-bond acceptors (Lipinski definition) is 2. The van der Waals surface area contributed by atoms with Crippen LogP contribution in [0, 0.1) is 3.57 Å². The van der Waals surface area contributed by atoms with E-state index in [1.54, 1.807) is 6.07 Å². The molecule has 0 fully saturated rings. The van der Waals surface area contributed by atoms with Crippen molar-refractivity contribution in [2.24, 2.45) is 0 Å². The smallest absolute Gasteiger partial charge is 0.174 e. The summed E-state index contributed by atoms with van der Waals surface area (Å²) < 4.78 is 1.31. The van der Waals surface area contributed by atoms with Crippen molar-refractivity contribution in [2.75, 3.05) is 5.33 Å². The van der Waals surface area contributed by atoms with Crippen LogP contribution >= 0.6 is 54.5 Å². The van der Waals surface area contributed by atoms with E-state index in [-0.39, 0.29) is 16.9 Å². The number of halogens is 3. The maximum Gasteiger partial charge on any atom is 0.174 e. The van der Waals surface area contributed by atoms with Crippen LogP contribution in [0.2, 0.25) is 0 Å². The maximum atomic E-state index is 11.3. The van der Waals surface area contributed by atoms with E-state index < -0.39 is 0 Å². The highest BCUT2D eigenvalue weighted by atomic mass is 127. The van der Waals surface area contributed by atoms with Gasteiger partial charge in [0.15, 0.2) is 5.78 Å². The Kier molecular flexibility index (Phi) is 4.18. The van der Waals surface area contributed by atoms with Crippen LogP contribution < -0.4 is 0 Å². The fourth-order valence-corrected chi connectivity index (χ4v) is 2.16. The Morgan fingerprint density at radius 2 is 2.15 bits per heavy atom. The van der Waals surface area contributed by atoms with Gasteiger partial charge in [-0.3, -0.25) is 4.79 Å². The van der Waals surface area contributed by atoms with Crippen LogP contribution in [0.1, 0.15) is 10.4 Å². The molecule has 0 bridgehead atoms. The molecule has 0 spiro atoms. The Morgan fingerprint density at radius 1 is 1.54 bits per heavy atom. The Balaban J connectivity index is 3.26. The first-order chi connectivity index (χ1) is 6.07. The summed E-state index contributed by atoms with van der Waals surface area (Å²) in [6.07, 6.45) is 0. The highest BCUT2D eigenvalue weighted by molar-refractivity contribution is 14.1. The standard InChI is InChI=1S/C8H5Br2IO2/c9-3-6(13)4-1-2-5(12)8(11)7(4)10/h1-2,12H,3H2. The topological polar surface area (TPSA) is 37.3 Å². The molecule has 0 aliphatic heterocycles. The summed E-state index contributed by atoms with van der Waals surface area (Å²) in [5.74, 6) is 0.170. The fourth-order valence-electron chi connectivity index (χ4n) is 0.827. The molecule has 0 atom stereocenters. The molecule has 0 aromatic heterocycles. The number of phenolic OH excluding ortho intramolecular Hbond substituents is 1. The molecular formula is C8H5Br2IO2. The first kappa shape index (κ1) is 11.5. The molecule has 0 aliphatic rings. The molecule has 13 heavy (non-hydrogen) atoms. The van der Waals surface area contributed by atoms with Gasteiger partial charge in [0, 0.05) is 10.0 Å². The monoisotopic (exact) mass is 418 g/mol. The number of aromatic hydroxyl groups is 1.